The molecular weight excluding hydrogens is 183 g/mol. The fraction of sp³-hybridized carbons (Fsp3) is 1.00. The van der Waals surface area contributed by atoms with Crippen molar-refractivity contribution in [2.24, 2.45) is 0 Å². The summed E-state index contributed by atoms with van der Waals surface area (Å²) in [6, 6.07) is 0. The lowest BCUT2D eigenvalue weighted by Gasteiger charge is -2.26. The normalized spacial score (nSPS) is 18.2. The van der Waals surface area contributed by atoms with E-state index >= 15 is 0 Å². The third-order valence-corrected chi connectivity index (χ3v) is 5.36. The van der Waals surface area contributed by atoms with Gasteiger partial charge in [-0.25, -0.2) is 0 Å². The molecule has 0 saturated carbocycles. The quantitative estimate of drug-likeness (QED) is 0.629. The standard InChI is InChI=1S/C10H23O2P/c1-4-7-8-13(9(11)5-2)10(12)6-3/h9-12H,4-8H2,1-3H3. The molecule has 0 aromatic heterocycles. The molecule has 0 aromatic rings. The maximum absolute atomic E-state index is 9.71. The zero-order chi connectivity index (χ0) is 10.3. The summed E-state index contributed by atoms with van der Waals surface area (Å²) < 4.78 is 0. The topological polar surface area (TPSA) is 40.5 Å². The van der Waals surface area contributed by atoms with Gasteiger partial charge in [0.25, 0.3) is 0 Å². The largest absolute Gasteiger partial charge is 0.389 e. The molecule has 0 spiro atoms. The van der Waals surface area contributed by atoms with E-state index in [4.69, 9.17) is 0 Å². The van der Waals surface area contributed by atoms with Crippen molar-refractivity contribution in [2.45, 2.75) is 58.1 Å². The number of unbranched alkanes of at least 4 members (excludes halogenated alkanes) is 1. The summed E-state index contributed by atoms with van der Waals surface area (Å²) in [6.45, 7) is 6.10. The second-order valence-corrected chi connectivity index (χ2v) is 6.04. The van der Waals surface area contributed by atoms with Gasteiger partial charge in [0.2, 0.25) is 0 Å². The van der Waals surface area contributed by atoms with E-state index < -0.39 is 7.92 Å². The van der Waals surface area contributed by atoms with Crippen LogP contribution in [0.25, 0.3) is 0 Å². The number of aliphatic hydroxyl groups excluding tert-OH is 2. The van der Waals surface area contributed by atoms with E-state index in [1.807, 2.05) is 13.8 Å². The fourth-order valence-electron chi connectivity index (χ4n) is 1.31. The third kappa shape index (κ3) is 4.95. The molecule has 0 aliphatic rings. The number of hydrogen-bond donors (Lipinski definition) is 2. The molecule has 0 aliphatic carbocycles. The van der Waals surface area contributed by atoms with Crippen molar-refractivity contribution in [1.82, 2.24) is 0 Å². The lowest BCUT2D eigenvalue weighted by atomic mass is 10.4. The highest BCUT2D eigenvalue weighted by Gasteiger charge is 2.22. The van der Waals surface area contributed by atoms with Crippen LogP contribution in [0, 0.1) is 0 Å². The Balaban J connectivity index is 4.01. The average Bonchev–Trinajstić information content (AvgIpc) is 2.17. The van der Waals surface area contributed by atoms with Crippen molar-refractivity contribution in [2.75, 3.05) is 6.16 Å². The number of hydrogen-bond acceptors (Lipinski definition) is 2. The Labute approximate surface area is 83.1 Å². The molecule has 2 unspecified atom stereocenters. The van der Waals surface area contributed by atoms with Crippen LogP contribution in [-0.2, 0) is 0 Å². The van der Waals surface area contributed by atoms with Gasteiger partial charge in [-0.3, -0.25) is 0 Å². The van der Waals surface area contributed by atoms with Gasteiger partial charge in [0.15, 0.2) is 0 Å². The fourth-order valence-corrected chi connectivity index (χ4v) is 3.92. The predicted octanol–water partition coefficient (Wildman–Crippen LogP) is 2.73. The summed E-state index contributed by atoms with van der Waals surface area (Å²) in [5, 5.41) is 19.4. The average molecular weight is 206 g/mol. The van der Waals surface area contributed by atoms with Crippen LogP contribution in [0.15, 0.2) is 0 Å². The highest BCUT2D eigenvalue weighted by atomic mass is 31.1. The van der Waals surface area contributed by atoms with Crippen molar-refractivity contribution >= 4 is 7.92 Å². The Morgan fingerprint density at radius 2 is 1.46 bits per heavy atom. The highest BCUT2D eigenvalue weighted by Crippen LogP contribution is 2.47. The molecule has 0 heterocycles. The Morgan fingerprint density at radius 3 is 1.77 bits per heavy atom. The SMILES string of the molecule is CCCCP(C(O)CC)C(O)CC. The first-order valence-corrected chi connectivity index (χ1v) is 6.95. The first-order chi connectivity index (χ1) is 6.17. The van der Waals surface area contributed by atoms with Crippen LogP contribution in [0.1, 0.15) is 46.5 Å². The molecule has 3 heteroatoms. The van der Waals surface area contributed by atoms with Gasteiger partial charge in [-0.05, 0) is 33.3 Å². The van der Waals surface area contributed by atoms with E-state index in [9.17, 15) is 10.2 Å². The van der Waals surface area contributed by atoms with E-state index in [0.717, 1.165) is 31.8 Å². The Morgan fingerprint density at radius 1 is 1.00 bits per heavy atom. The summed E-state index contributed by atoms with van der Waals surface area (Å²) in [7, 11) is -0.578. The predicted molar refractivity (Wildman–Crippen MR) is 59.3 cm³/mol. The van der Waals surface area contributed by atoms with Gasteiger partial charge < -0.3 is 10.2 Å². The van der Waals surface area contributed by atoms with Gasteiger partial charge >= 0.3 is 0 Å². The van der Waals surface area contributed by atoms with E-state index in [1.54, 1.807) is 0 Å². The van der Waals surface area contributed by atoms with Crippen molar-refractivity contribution in [3.63, 3.8) is 0 Å². The molecular formula is C10H23O2P. The highest BCUT2D eigenvalue weighted by molar-refractivity contribution is 7.58. The van der Waals surface area contributed by atoms with Crippen molar-refractivity contribution < 1.29 is 10.2 Å². The third-order valence-electron chi connectivity index (χ3n) is 2.27. The minimum Gasteiger partial charge on any atom is -0.389 e. The second-order valence-electron chi connectivity index (χ2n) is 3.37. The zero-order valence-corrected chi connectivity index (χ0v) is 9.93. The van der Waals surface area contributed by atoms with Crippen molar-refractivity contribution in [1.29, 1.82) is 0 Å². The van der Waals surface area contributed by atoms with E-state index in [1.165, 1.54) is 0 Å². The lowest BCUT2D eigenvalue weighted by Crippen LogP contribution is -2.15. The van der Waals surface area contributed by atoms with Gasteiger partial charge in [-0.15, -0.1) is 0 Å². The Hall–Kier alpha value is 0.350. The monoisotopic (exact) mass is 206 g/mol. The molecule has 0 amide bonds. The maximum atomic E-state index is 9.71. The van der Waals surface area contributed by atoms with Gasteiger partial charge in [-0.1, -0.05) is 27.2 Å². The minimum absolute atomic E-state index is 0.267. The van der Waals surface area contributed by atoms with Crippen LogP contribution in [0.2, 0.25) is 0 Å². The summed E-state index contributed by atoms with van der Waals surface area (Å²) >= 11 is 0. The molecule has 0 bridgehead atoms. The number of rotatable bonds is 7. The van der Waals surface area contributed by atoms with Crippen LogP contribution in [-0.4, -0.2) is 28.1 Å². The molecule has 80 valence electrons. The van der Waals surface area contributed by atoms with Crippen molar-refractivity contribution in [3.05, 3.63) is 0 Å². The molecule has 0 radical (unpaired) electrons. The molecule has 2 atom stereocenters. The van der Waals surface area contributed by atoms with Crippen molar-refractivity contribution in [3.8, 4) is 0 Å². The van der Waals surface area contributed by atoms with Gasteiger partial charge in [0, 0.05) is 0 Å². The molecule has 0 rings (SSSR count). The second kappa shape index (κ2) is 7.73. The Bertz CT molecular complexity index is 109. The van der Waals surface area contributed by atoms with Crippen LogP contribution in [0.4, 0.5) is 0 Å². The summed E-state index contributed by atoms with van der Waals surface area (Å²) in [5.74, 6) is -0.534. The summed E-state index contributed by atoms with van der Waals surface area (Å²) in [4.78, 5) is 0. The molecule has 0 saturated heterocycles. The van der Waals surface area contributed by atoms with Crippen LogP contribution < -0.4 is 0 Å². The van der Waals surface area contributed by atoms with Crippen LogP contribution in [0.3, 0.4) is 0 Å². The van der Waals surface area contributed by atoms with E-state index in [0.29, 0.717) is 0 Å². The Kier molecular flexibility index (Phi) is 7.93. The lowest BCUT2D eigenvalue weighted by molar-refractivity contribution is 0.218. The molecule has 0 fully saturated rings. The van der Waals surface area contributed by atoms with E-state index in [2.05, 4.69) is 6.92 Å². The van der Waals surface area contributed by atoms with Gasteiger partial charge in [-0.2, -0.15) is 0 Å². The van der Waals surface area contributed by atoms with Gasteiger partial charge in [0.1, 0.15) is 0 Å². The maximum Gasteiger partial charge on any atom is 0.0753 e. The molecule has 0 aromatic carbocycles. The summed E-state index contributed by atoms with van der Waals surface area (Å²) in [6.07, 6.45) is 4.82. The molecule has 2 nitrogen and oxygen atoms in total. The zero-order valence-electron chi connectivity index (χ0n) is 9.03. The molecule has 13 heavy (non-hydrogen) atoms. The van der Waals surface area contributed by atoms with E-state index in [-0.39, 0.29) is 11.7 Å². The van der Waals surface area contributed by atoms with Gasteiger partial charge in [0.05, 0.1) is 11.7 Å². The van der Waals surface area contributed by atoms with Crippen LogP contribution >= 0.6 is 7.92 Å². The smallest absolute Gasteiger partial charge is 0.0753 e. The minimum atomic E-state index is -0.578. The summed E-state index contributed by atoms with van der Waals surface area (Å²) in [5.41, 5.74) is 0. The first kappa shape index (κ1) is 13.4. The first-order valence-electron chi connectivity index (χ1n) is 5.29. The van der Waals surface area contributed by atoms with Crippen LogP contribution in [0.5, 0.6) is 0 Å². The molecule has 2 N–H and O–H groups in total. The number of aliphatic hydroxyl groups is 2. The molecule has 0 aliphatic heterocycles.